The maximum Gasteiger partial charge on any atom is 0.412 e. The highest BCUT2D eigenvalue weighted by molar-refractivity contribution is 5.85. The van der Waals surface area contributed by atoms with Gasteiger partial charge in [-0.3, -0.25) is 10.1 Å². The van der Waals surface area contributed by atoms with Crippen LogP contribution >= 0.6 is 0 Å². The maximum absolute atomic E-state index is 11.9. The van der Waals surface area contributed by atoms with E-state index in [9.17, 15) is 9.59 Å². The number of H-pyrrole nitrogens is 1. The number of rotatable bonds is 3. The van der Waals surface area contributed by atoms with Gasteiger partial charge in [0.2, 0.25) is 0 Å². The second kappa shape index (κ2) is 7.06. The molecule has 1 aromatic carbocycles. The van der Waals surface area contributed by atoms with Crippen molar-refractivity contribution in [3.8, 4) is 11.5 Å². The number of benzene rings is 1. The molecule has 0 aliphatic heterocycles. The number of hydrogen-bond acceptors (Lipinski definition) is 6. The highest BCUT2D eigenvalue weighted by Crippen LogP contribution is 2.28. The average molecular weight is 368 g/mol. The number of aryl methyl sites for hydroxylation is 1. The van der Waals surface area contributed by atoms with Crippen LogP contribution in [0.25, 0.3) is 11.2 Å². The van der Waals surface area contributed by atoms with Crippen LogP contribution in [0, 0.1) is 6.92 Å². The molecule has 2 aromatic heterocycles. The second-order valence-corrected chi connectivity index (χ2v) is 6.91. The zero-order valence-corrected chi connectivity index (χ0v) is 15.5. The lowest BCUT2D eigenvalue weighted by Gasteiger charge is -2.19. The fourth-order valence-electron chi connectivity index (χ4n) is 2.32. The monoisotopic (exact) mass is 368 g/mol. The minimum absolute atomic E-state index is 0.296. The van der Waals surface area contributed by atoms with E-state index < -0.39 is 11.7 Å². The summed E-state index contributed by atoms with van der Waals surface area (Å²) in [6, 6.07) is 8.52. The molecule has 0 spiro atoms. The first-order chi connectivity index (χ1) is 12.7. The van der Waals surface area contributed by atoms with Gasteiger partial charge in [-0.1, -0.05) is 6.07 Å². The fraction of sp³-hybridized carbons (Fsp3) is 0.263. The molecule has 0 saturated carbocycles. The van der Waals surface area contributed by atoms with Gasteiger partial charge in [0, 0.05) is 24.0 Å². The quantitative estimate of drug-likeness (QED) is 0.729. The van der Waals surface area contributed by atoms with Crippen LogP contribution in [0.15, 0.2) is 41.3 Å². The summed E-state index contributed by atoms with van der Waals surface area (Å²) >= 11 is 0. The van der Waals surface area contributed by atoms with Crippen molar-refractivity contribution in [1.82, 2.24) is 15.0 Å². The molecule has 140 valence electrons. The lowest BCUT2D eigenvalue weighted by Crippen LogP contribution is -2.27. The van der Waals surface area contributed by atoms with Crippen LogP contribution in [-0.2, 0) is 4.74 Å². The molecular weight excluding hydrogens is 348 g/mol. The van der Waals surface area contributed by atoms with Crippen molar-refractivity contribution in [2.24, 2.45) is 0 Å². The zero-order valence-electron chi connectivity index (χ0n) is 15.5. The van der Waals surface area contributed by atoms with Crippen molar-refractivity contribution in [3.05, 3.63) is 52.6 Å². The molecule has 3 rings (SSSR count). The van der Waals surface area contributed by atoms with E-state index >= 15 is 0 Å². The van der Waals surface area contributed by atoms with Gasteiger partial charge in [-0.05, 0) is 39.8 Å². The Labute approximate surface area is 155 Å². The number of pyridine rings is 1. The summed E-state index contributed by atoms with van der Waals surface area (Å²) in [6.07, 6.45) is 0.969. The van der Waals surface area contributed by atoms with Gasteiger partial charge in [-0.2, -0.15) is 0 Å². The van der Waals surface area contributed by atoms with Gasteiger partial charge >= 0.3 is 6.09 Å². The number of amides is 1. The molecule has 0 unspecified atom stereocenters. The molecule has 0 bridgehead atoms. The van der Waals surface area contributed by atoms with E-state index in [-0.39, 0.29) is 5.56 Å². The number of nitrogens with one attached hydrogen (secondary N) is 2. The van der Waals surface area contributed by atoms with Gasteiger partial charge in [0.15, 0.2) is 11.4 Å². The summed E-state index contributed by atoms with van der Waals surface area (Å²) in [6.45, 7) is 6.99. The molecule has 0 aliphatic rings. The molecule has 8 nitrogen and oxygen atoms in total. The highest BCUT2D eigenvalue weighted by Gasteiger charge is 2.16. The third-order valence-corrected chi connectivity index (χ3v) is 3.43. The number of ether oxygens (including phenoxy) is 2. The summed E-state index contributed by atoms with van der Waals surface area (Å²) in [7, 11) is 0. The third-order valence-electron chi connectivity index (χ3n) is 3.43. The topological polar surface area (TPSA) is 106 Å². The minimum Gasteiger partial charge on any atom is -0.455 e. The number of fused-ring (bicyclic) bond motifs is 1. The molecule has 1 amide bonds. The number of hydrogen-bond donors (Lipinski definition) is 2. The van der Waals surface area contributed by atoms with E-state index in [1.165, 1.54) is 6.20 Å². The van der Waals surface area contributed by atoms with E-state index in [1.54, 1.807) is 58.0 Å². The predicted molar refractivity (Wildman–Crippen MR) is 101 cm³/mol. The van der Waals surface area contributed by atoms with Gasteiger partial charge in [0.05, 0.1) is 0 Å². The molecule has 0 atom stereocenters. The first kappa shape index (κ1) is 18.4. The first-order valence-corrected chi connectivity index (χ1v) is 8.35. The summed E-state index contributed by atoms with van der Waals surface area (Å²) in [5, 5.41) is 2.66. The average Bonchev–Trinajstić information content (AvgIpc) is 2.55. The number of nitrogens with zero attached hydrogens (tertiary/aromatic N) is 2. The van der Waals surface area contributed by atoms with Crippen LogP contribution in [-0.4, -0.2) is 26.6 Å². The van der Waals surface area contributed by atoms with Crippen molar-refractivity contribution >= 4 is 22.9 Å². The van der Waals surface area contributed by atoms with Crippen LogP contribution in [0.5, 0.6) is 11.5 Å². The van der Waals surface area contributed by atoms with Gasteiger partial charge in [0.25, 0.3) is 5.56 Å². The molecular formula is C19H20N4O4. The van der Waals surface area contributed by atoms with Crippen molar-refractivity contribution in [1.29, 1.82) is 0 Å². The van der Waals surface area contributed by atoms with E-state index in [0.29, 0.717) is 34.0 Å². The van der Waals surface area contributed by atoms with Gasteiger partial charge in [0.1, 0.15) is 22.6 Å². The van der Waals surface area contributed by atoms with E-state index in [2.05, 4.69) is 20.3 Å². The Balaban J connectivity index is 1.85. The Morgan fingerprint density at radius 2 is 2.00 bits per heavy atom. The normalized spacial score (nSPS) is 11.3. The summed E-state index contributed by atoms with van der Waals surface area (Å²) in [5.41, 5.74) is 0.745. The standard InChI is InChI=1S/C19H20N4O4/c1-11-17(24)23-16-15(21-11)14(8-9-20-16)26-13-7-5-6-12(10-13)22-18(25)27-19(2,3)4/h5-10H,1-4H3,(H,22,25)(H,20,23,24). The van der Waals surface area contributed by atoms with Crippen LogP contribution in [0.4, 0.5) is 10.5 Å². The summed E-state index contributed by atoms with van der Waals surface area (Å²) in [5.74, 6) is 0.926. The minimum atomic E-state index is -0.589. The zero-order chi connectivity index (χ0) is 19.6. The Morgan fingerprint density at radius 3 is 2.74 bits per heavy atom. The molecule has 0 fully saturated rings. The third kappa shape index (κ3) is 4.60. The molecule has 0 aliphatic carbocycles. The molecule has 27 heavy (non-hydrogen) atoms. The van der Waals surface area contributed by atoms with E-state index in [0.717, 1.165) is 0 Å². The van der Waals surface area contributed by atoms with Crippen molar-refractivity contribution in [2.75, 3.05) is 5.32 Å². The number of aromatic nitrogens is 3. The molecule has 2 heterocycles. The van der Waals surface area contributed by atoms with Crippen LogP contribution in [0.3, 0.4) is 0 Å². The Kier molecular flexibility index (Phi) is 4.81. The van der Waals surface area contributed by atoms with Gasteiger partial charge in [-0.25, -0.2) is 14.8 Å². The first-order valence-electron chi connectivity index (χ1n) is 8.35. The summed E-state index contributed by atoms with van der Waals surface area (Å²) in [4.78, 5) is 34.6. The van der Waals surface area contributed by atoms with Crippen LogP contribution in [0.2, 0.25) is 0 Å². The highest BCUT2D eigenvalue weighted by atomic mass is 16.6. The largest absolute Gasteiger partial charge is 0.455 e. The molecule has 3 aromatic rings. The second-order valence-electron chi connectivity index (χ2n) is 6.91. The Bertz CT molecular complexity index is 1050. The fourth-order valence-corrected chi connectivity index (χ4v) is 2.32. The van der Waals surface area contributed by atoms with Crippen molar-refractivity contribution in [3.63, 3.8) is 0 Å². The van der Waals surface area contributed by atoms with E-state index in [4.69, 9.17) is 9.47 Å². The molecule has 8 heteroatoms. The van der Waals surface area contributed by atoms with Crippen molar-refractivity contribution < 1.29 is 14.3 Å². The van der Waals surface area contributed by atoms with Crippen LogP contribution in [0.1, 0.15) is 26.5 Å². The van der Waals surface area contributed by atoms with Crippen LogP contribution < -0.4 is 15.6 Å². The number of carbonyl (C=O) groups is 1. The Morgan fingerprint density at radius 1 is 1.22 bits per heavy atom. The number of carbonyl (C=O) groups excluding carboxylic acids is 1. The summed E-state index contributed by atoms with van der Waals surface area (Å²) < 4.78 is 11.1. The van der Waals surface area contributed by atoms with Crippen molar-refractivity contribution in [2.45, 2.75) is 33.3 Å². The SMILES string of the molecule is Cc1nc2c(Oc3cccc(NC(=O)OC(C)(C)C)c3)ccnc2[nH]c1=O. The lowest BCUT2D eigenvalue weighted by molar-refractivity contribution is 0.0636. The Hall–Kier alpha value is -3.42. The van der Waals surface area contributed by atoms with Gasteiger partial charge in [-0.15, -0.1) is 0 Å². The molecule has 0 radical (unpaired) electrons. The number of aromatic amines is 1. The molecule has 0 saturated heterocycles. The lowest BCUT2D eigenvalue weighted by atomic mass is 10.2. The molecule has 2 N–H and O–H groups in total. The maximum atomic E-state index is 11.9. The van der Waals surface area contributed by atoms with E-state index in [1.807, 2.05) is 0 Å². The smallest absolute Gasteiger partial charge is 0.412 e. The van der Waals surface area contributed by atoms with Gasteiger partial charge < -0.3 is 14.5 Å². The number of anilines is 1. The predicted octanol–water partition coefficient (Wildman–Crippen LogP) is 3.77.